The number of amides is 2. The van der Waals surface area contributed by atoms with E-state index in [1.54, 1.807) is 20.8 Å². The second-order valence-corrected chi connectivity index (χ2v) is 9.31. The second-order valence-electron chi connectivity index (χ2n) is 9.31. The number of ether oxygens (including phenoxy) is 1. The minimum Gasteiger partial charge on any atom is -0.464 e. The molecule has 0 saturated heterocycles. The smallest absolute Gasteiger partial charge is 0.328 e. The number of quaternary nitrogens is 1. The third-order valence-corrected chi connectivity index (χ3v) is 5.79. The number of H-pyrrole nitrogens is 1. The van der Waals surface area contributed by atoms with Crippen molar-refractivity contribution in [2.75, 3.05) is 6.61 Å². The Labute approximate surface area is 205 Å². The van der Waals surface area contributed by atoms with Gasteiger partial charge in [0, 0.05) is 23.5 Å². The number of benzene rings is 2. The Bertz CT molecular complexity index is 1150. The van der Waals surface area contributed by atoms with Crippen molar-refractivity contribution < 1.29 is 24.9 Å². The molecule has 0 aliphatic rings. The van der Waals surface area contributed by atoms with Crippen LogP contribution in [-0.2, 0) is 32.0 Å². The first-order valence-corrected chi connectivity index (χ1v) is 11.9. The molecule has 1 heterocycles. The molecule has 6 N–H and O–H groups in total. The van der Waals surface area contributed by atoms with E-state index in [1.165, 1.54) is 0 Å². The van der Waals surface area contributed by atoms with E-state index in [-0.39, 0.29) is 18.9 Å². The van der Waals surface area contributed by atoms with Crippen LogP contribution < -0.4 is 16.4 Å². The van der Waals surface area contributed by atoms with Gasteiger partial charge in [0.15, 0.2) is 5.54 Å². The number of rotatable bonds is 11. The molecule has 0 spiro atoms. The normalized spacial score (nSPS) is 13.1. The third kappa shape index (κ3) is 7.16. The number of para-hydroxylation sites is 1. The van der Waals surface area contributed by atoms with Crippen molar-refractivity contribution in [3.63, 3.8) is 0 Å². The van der Waals surface area contributed by atoms with Crippen molar-refractivity contribution in [3.8, 4) is 0 Å². The zero-order valence-corrected chi connectivity index (χ0v) is 20.6. The number of aryl methyl sites for hydroxylation is 1. The fraction of sp³-hybridized carbons (Fsp3) is 0.370. The minimum absolute atomic E-state index is 0.210. The second kappa shape index (κ2) is 11.7. The van der Waals surface area contributed by atoms with Gasteiger partial charge in [-0.2, -0.15) is 0 Å². The van der Waals surface area contributed by atoms with E-state index in [2.05, 4.69) is 21.4 Å². The van der Waals surface area contributed by atoms with E-state index in [0.717, 1.165) is 22.0 Å². The number of carbonyl (C=O) groups excluding carboxylic acids is 3. The standard InChI is InChI=1S/C27H34N4O4/c1-4-35-25(33)22(15-14-18-10-6-5-7-11-18)30-24(32)23(31-26(34)27(2,3)28)16-19-17-29-21-13-9-8-12-20(19)21/h5-13,17,22-23,29H,4,14-16,28H2,1-3H3,(H,30,32)(H,31,34)/p+1/t22-,23-/m1/s1. The summed E-state index contributed by atoms with van der Waals surface area (Å²) in [6, 6.07) is 15.8. The first-order valence-electron chi connectivity index (χ1n) is 11.9. The summed E-state index contributed by atoms with van der Waals surface area (Å²) in [5.41, 5.74) is 5.84. The van der Waals surface area contributed by atoms with Gasteiger partial charge in [0.2, 0.25) is 5.91 Å². The highest BCUT2D eigenvalue weighted by Gasteiger charge is 2.33. The number of carbonyl (C=O) groups is 3. The van der Waals surface area contributed by atoms with Gasteiger partial charge in [0.05, 0.1) is 6.61 Å². The Morgan fingerprint density at radius 2 is 1.69 bits per heavy atom. The van der Waals surface area contributed by atoms with Crippen LogP contribution in [0.5, 0.6) is 0 Å². The quantitative estimate of drug-likeness (QED) is 0.313. The molecule has 0 unspecified atom stereocenters. The average Bonchev–Trinajstić information content (AvgIpc) is 3.24. The van der Waals surface area contributed by atoms with E-state index in [0.29, 0.717) is 12.8 Å². The Hall–Kier alpha value is -3.65. The van der Waals surface area contributed by atoms with Crippen molar-refractivity contribution in [1.29, 1.82) is 0 Å². The molecule has 8 heteroatoms. The predicted molar refractivity (Wildman–Crippen MR) is 134 cm³/mol. The Balaban J connectivity index is 1.81. The van der Waals surface area contributed by atoms with Gasteiger partial charge in [0.1, 0.15) is 12.1 Å². The Kier molecular flexibility index (Phi) is 8.65. The molecule has 0 aliphatic heterocycles. The lowest BCUT2D eigenvalue weighted by molar-refractivity contribution is -0.446. The highest BCUT2D eigenvalue weighted by Crippen LogP contribution is 2.19. The maximum Gasteiger partial charge on any atom is 0.328 e. The van der Waals surface area contributed by atoms with Gasteiger partial charge >= 0.3 is 5.97 Å². The zero-order chi connectivity index (χ0) is 25.4. The SMILES string of the molecule is CCOC(=O)[C@@H](CCc1ccccc1)NC(=O)[C@@H](Cc1c[nH]c2ccccc12)NC(=O)C(C)(C)[NH3+]. The fourth-order valence-electron chi connectivity index (χ4n) is 3.80. The highest BCUT2D eigenvalue weighted by atomic mass is 16.5. The van der Waals surface area contributed by atoms with E-state index >= 15 is 0 Å². The van der Waals surface area contributed by atoms with Crippen LogP contribution in [0.1, 0.15) is 38.3 Å². The maximum absolute atomic E-state index is 13.4. The molecular weight excluding hydrogens is 444 g/mol. The summed E-state index contributed by atoms with van der Waals surface area (Å²) >= 11 is 0. The molecule has 3 aromatic rings. The number of esters is 1. The Morgan fingerprint density at radius 1 is 1.00 bits per heavy atom. The molecule has 186 valence electrons. The van der Waals surface area contributed by atoms with Gasteiger partial charge in [-0.25, -0.2) is 4.79 Å². The van der Waals surface area contributed by atoms with Crippen LogP contribution in [0, 0.1) is 0 Å². The van der Waals surface area contributed by atoms with Crippen molar-refractivity contribution >= 4 is 28.7 Å². The van der Waals surface area contributed by atoms with Crippen LogP contribution in [0.3, 0.4) is 0 Å². The summed E-state index contributed by atoms with van der Waals surface area (Å²) in [4.78, 5) is 42.0. The summed E-state index contributed by atoms with van der Waals surface area (Å²) in [6.45, 7) is 5.31. The molecule has 0 saturated carbocycles. The molecule has 1 aromatic heterocycles. The van der Waals surface area contributed by atoms with E-state index in [9.17, 15) is 14.4 Å². The van der Waals surface area contributed by atoms with Crippen LogP contribution in [0.4, 0.5) is 0 Å². The number of nitrogens with one attached hydrogen (secondary N) is 3. The number of hydrogen-bond acceptors (Lipinski definition) is 4. The van der Waals surface area contributed by atoms with Crippen molar-refractivity contribution in [3.05, 3.63) is 71.9 Å². The molecule has 35 heavy (non-hydrogen) atoms. The molecule has 2 aromatic carbocycles. The predicted octanol–water partition coefficient (Wildman–Crippen LogP) is 1.90. The maximum atomic E-state index is 13.4. The van der Waals surface area contributed by atoms with Crippen LogP contribution in [0.15, 0.2) is 60.8 Å². The van der Waals surface area contributed by atoms with Gasteiger partial charge < -0.3 is 26.1 Å². The first kappa shape index (κ1) is 26.0. The van der Waals surface area contributed by atoms with Gasteiger partial charge in [-0.3, -0.25) is 9.59 Å². The number of aromatic amines is 1. The van der Waals surface area contributed by atoms with Gasteiger partial charge in [-0.05, 0) is 50.8 Å². The van der Waals surface area contributed by atoms with E-state index in [1.807, 2.05) is 60.8 Å². The summed E-state index contributed by atoms with van der Waals surface area (Å²) in [5.74, 6) is -1.29. The molecule has 0 fully saturated rings. The van der Waals surface area contributed by atoms with Gasteiger partial charge in [-0.15, -0.1) is 0 Å². The molecule has 0 radical (unpaired) electrons. The lowest BCUT2D eigenvalue weighted by Gasteiger charge is -2.24. The number of hydrogen-bond donors (Lipinski definition) is 4. The van der Waals surface area contributed by atoms with Crippen LogP contribution in [0.25, 0.3) is 10.9 Å². The molecule has 2 atom stereocenters. The van der Waals surface area contributed by atoms with E-state index < -0.39 is 29.5 Å². The molecule has 0 aliphatic carbocycles. The van der Waals surface area contributed by atoms with Crippen LogP contribution in [0.2, 0.25) is 0 Å². The minimum atomic E-state index is -0.924. The monoisotopic (exact) mass is 479 g/mol. The number of fused-ring (bicyclic) bond motifs is 1. The van der Waals surface area contributed by atoms with Crippen molar-refractivity contribution in [1.82, 2.24) is 15.6 Å². The first-order chi connectivity index (χ1) is 16.7. The third-order valence-electron chi connectivity index (χ3n) is 5.79. The van der Waals surface area contributed by atoms with Gasteiger partial charge in [-0.1, -0.05) is 48.5 Å². The summed E-state index contributed by atoms with van der Waals surface area (Å²) in [6.07, 6.45) is 3.07. The van der Waals surface area contributed by atoms with Crippen molar-refractivity contribution in [2.45, 2.75) is 57.7 Å². The average molecular weight is 480 g/mol. The molecule has 3 rings (SSSR count). The lowest BCUT2D eigenvalue weighted by atomic mass is 10.0. The topological polar surface area (TPSA) is 128 Å². The highest BCUT2D eigenvalue weighted by molar-refractivity contribution is 5.93. The summed E-state index contributed by atoms with van der Waals surface area (Å²) in [5, 5.41) is 6.63. The molecule has 8 nitrogen and oxygen atoms in total. The largest absolute Gasteiger partial charge is 0.464 e. The van der Waals surface area contributed by atoms with E-state index in [4.69, 9.17) is 4.74 Å². The summed E-state index contributed by atoms with van der Waals surface area (Å²) in [7, 11) is 0. The molecule has 2 amide bonds. The fourth-order valence-corrected chi connectivity index (χ4v) is 3.80. The molecule has 0 bridgehead atoms. The van der Waals surface area contributed by atoms with Gasteiger partial charge in [0.25, 0.3) is 5.91 Å². The molecular formula is C27H35N4O4+. The van der Waals surface area contributed by atoms with Crippen molar-refractivity contribution in [2.24, 2.45) is 0 Å². The zero-order valence-electron chi connectivity index (χ0n) is 20.6. The number of aromatic nitrogens is 1. The van der Waals surface area contributed by atoms with Crippen LogP contribution >= 0.6 is 0 Å². The summed E-state index contributed by atoms with van der Waals surface area (Å²) < 4.78 is 5.22. The van der Waals surface area contributed by atoms with Crippen LogP contribution in [-0.4, -0.2) is 47.0 Å². The lowest BCUT2D eigenvalue weighted by Crippen LogP contribution is -2.76. The Morgan fingerprint density at radius 3 is 2.37 bits per heavy atom.